The second-order valence-corrected chi connectivity index (χ2v) is 12.2. The summed E-state index contributed by atoms with van der Waals surface area (Å²) < 4.78 is 4.78. The minimum atomic E-state index is 0.224. The predicted molar refractivity (Wildman–Crippen MR) is 194 cm³/mol. The Kier molecular flexibility index (Phi) is 6.31. The molecule has 0 fully saturated rings. The number of nitrogens with zero attached hydrogens (tertiary/aromatic N) is 2. The molecule has 0 aliphatic rings. The van der Waals surface area contributed by atoms with Crippen molar-refractivity contribution in [2.45, 2.75) is 12.3 Å². The van der Waals surface area contributed by atoms with E-state index >= 15 is 0 Å². The van der Waals surface area contributed by atoms with Gasteiger partial charge in [-0.3, -0.25) is 0 Å². The van der Waals surface area contributed by atoms with Gasteiger partial charge >= 0.3 is 0 Å². The van der Waals surface area contributed by atoms with Crippen molar-refractivity contribution >= 4 is 43.6 Å². The van der Waals surface area contributed by atoms with Crippen LogP contribution in [0.15, 0.2) is 176 Å². The Hall–Kier alpha value is -5.86. The number of para-hydroxylation sites is 4. The Morgan fingerprint density at radius 2 is 0.652 bits per heavy atom. The van der Waals surface area contributed by atoms with Crippen LogP contribution in [0.5, 0.6) is 0 Å². The number of aromatic nitrogens is 2. The summed E-state index contributed by atoms with van der Waals surface area (Å²) in [5, 5.41) is 5.14. The molecule has 2 heteroatoms. The molecule has 0 aliphatic carbocycles. The van der Waals surface area contributed by atoms with Gasteiger partial charge in [0, 0.05) is 38.8 Å². The Morgan fingerprint density at radius 1 is 0.326 bits per heavy atom. The fraction of sp³-hybridized carbons (Fsp3) is 0.0455. The molecule has 2 heterocycles. The third kappa shape index (κ3) is 4.34. The van der Waals surface area contributed by atoms with Crippen molar-refractivity contribution in [1.29, 1.82) is 0 Å². The average Bonchev–Trinajstić information content (AvgIpc) is 3.65. The van der Waals surface area contributed by atoms with Gasteiger partial charge in [-0.15, -0.1) is 0 Å². The van der Waals surface area contributed by atoms with Crippen LogP contribution < -0.4 is 0 Å². The molecule has 0 atom stereocenters. The molecule has 218 valence electrons. The number of benzene rings is 7. The maximum absolute atomic E-state index is 2.39. The van der Waals surface area contributed by atoms with Crippen molar-refractivity contribution in [2.75, 3.05) is 0 Å². The zero-order valence-corrected chi connectivity index (χ0v) is 25.4. The van der Waals surface area contributed by atoms with Crippen molar-refractivity contribution in [2.24, 2.45) is 0 Å². The first-order valence-electron chi connectivity index (χ1n) is 16.0. The molecule has 2 nitrogen and oxygen atoms in total. The largest absolute Gasteiger partial charge is 0.309 e. The second kappa shape index (κ2) is 10.9. The summed E-state index contributed by atoms with van der Waals surface area (Å²) in [5.74, 6) is 0.224. The normalized spacial score (nSPS) is 11.8. The van der Waals surface area contributed by atoms with Gasteiger partial charge < -0.3 is 9.13 Å². The smallest absolute Gasteiger partial charge is 0.0541 e. The van der Waals surface area contributed by atoms with Crippen molar-refractivity contribution in [3.63, 3.8) is 0 Å². The molecule has 0 N–H and O–H groups in total. The molecule has 2 aromatic heterocycles. The van der Waals surface area contributed by atoms with E-state index in [0.717, 1.165) is 6.42 Å². The lowest BCUT2D eigenvalue weighted by molar-refractivity contribution is 0.804. The highest BCUT2D eigenvalue weighted by molar-refractivity contribution is 6.10. The van der Waals surface area contributed by atoms with Gasteiger partial charge in [0.25, 0.3) is 0 Å². The molecule has 46 heavy (non-hydrogen) atoms. The molecule has 0 bridgehead atoms. The third-order valence-electron chi connectivity index (χ3n) is 9.55. The summed E-state index contributed by atoms with van der Waals surface area (Å²) in [7, 11) is 0. The quantitative estimate of drug-likeness (QED) is 0.183. The Bertz CT molecular complexity index is 2220. The fourth-order valence-corrected chi connectivity index (χ4v) is 7.39. The van der Waals surface area contributed by atoms with E-state index in [1.54, 1.807) is 0 Å². The minimum Gasteiger partial charge on any atom is -0.309 e. The second-order valence-electron chi connectivity index (χ2n) is 12.2. The Morgan fingerprint density at radius 3 is 1.02 bits per heavy atom. The van der Waals surface area contributed by atoms with Gasteiger partial charge in [0.2, 0.25) is 0 Å². The lowest BCUT2D eigenvalue weighted by Crippen LogP contribution is -2.06. The van der Waals surface area contributed by atoms with E-state index < -0.39 is 0 Å². The summed E-state index contributed by atoms with van der Waals surface area (Å²) >= 11 is 0. The van der Waals surface area contributed by atoms with Crippen LogP contribution in [-0.4, -0.2) is 9.13 Å². The number of hydrogen-bond acceptors (Lipinski definition) is 0. The third-order valence-corrected chi connectivity index (χ3v) is 9.55. The molecular formula is C44H32N2. The first kappa shape index (κ1) is 26.5. The highest BCUT2D eigenvalue weighted by Gasteiger charge is 2.18. The standard InChI is InChI=1S/C44H32N2/c1-2-12-31(13-3-1)30-40(32-22-26-34(27-23-32)45-41-18-8-4-14-36(41)37-15-5-9-19-42(37)45)33-24-28-35(29-25-33)46-43-20-10-6-16-38(43)39-17-7-11-21-44(39)46/h1-29,40H,30H2. The molecule has 7 aromatic carbocycles. The molecule has 0 aliphatic heterocycles. The summed E-state index contributed by atoms with van der Waals surface area (Å²) in [6, 6.07) is 64.1. The van der Waals surface area contributed by atoms with Crippen LogP contribution in [0.1, 0.15) is 22.6 Å². The molecule has 0 unspecified atom stereocenters. The molecule has 9 aromatic rings. The van der Waals surface area contributed by atoms with Crippen LogP contribution in [-0.2, 0) is 6.42 Å². The van der Waals surface area contributed by atoms with Crippen molar-refractivity contribution in [3.8, 4) is 11.4 Å². The molecule has 0 radical (unpaired) electrons. The Labute approximate surface area is 268 Å². The summed E-state index contributed by atoms with van der Waals surface area (Å²) in [4.78, 5) is 0. The van der Waals surface area contributed by atoms with Crippen LogP contribution >= 0.6 is 0 Å². The van der Waals surface area contributed by atoms with Gasteiger partial charge in [-0.2, -0.15) is 0 Å². The fourth-order valence-electron chi connectivity index (χ4n) is 7.39. The van der Waals surface area contributed by atoms with Crippen LogP contribution in [0, 0.1) is 0 Å². The van der Waals surface area contributed by atoms with Gasteiger partial charge in [-0.25, -0.2) is 0 Å². The number of rotatable bonds is 6. The SMILES string of the molecule is c1ccc(CC(c2ccc(-n3c4ccccc4c4ccccc43)cc2)c2ccc(-n3c4ccccc4c4ccccc43)cc2)cc1. The Balaban J connectivity index is 1.13. The molecular weight excluding hydrogens is 556 g/mol. The topological polar surface area (TPSA) is 9.86 Å². The summed E-state index contributed by atoms with van der Waals surface area (Å²) in [5.41, 5.74) is 11.3. The van der Waals surface area contributed by atoms with Gasteiger partial charge in [0.1, 0.15) is 0 Å². The van der Waals surface area contributed by atoms with E-state index in [9.17, 15) is 0 Å². The first-order chi connectivity index (χ1) is 22.8. The van der Waals surface area contributed by atoms with Crippen LogP contribution in [0.25, 0.3) is 55.0 Å². The first-order valence-corrected chi connectivity index (χ1v) is 16.0. The summed E-state index contributed by atoms with van der Waals surface area (Å²) in [6.07, 6.45) is 0.935. The zero-order valence-electron chi connectivity index (χ0n) is 25.4. The van der Waals surface area contributed by atoms with Gasteiger partial charge in [0.05, 0.1) is 22.1 Å². The van der Waals surface area contributed by atoms with Crippen molar-refractivity contribution < 1.29 is 0 Å². The lowest BCUT2D eigenvalue weighted by Gasteiger charge is -2.20. The van der Waals surface area contributed by atoms with E-state index in [1.165, 1.54) is 71.7 Å². The van der Waals surface area contributed by atoms with E-state index in [1.807, 2.05) is 0 Å². The lowest BCUT2D eigenvalue weighted by atomic mass is 9.86. The van der Waals surface area contributed by atoms with Gasteiger partial charge in [0.15, 0.2) is 0 Å². The maximum atomic E-state index is 2.39. The molecule has 9 rings (SSSR count). The number of hydrogen-bond donors (Lipinski definition) is 0. The van der Waals surface area contributed by atoms with Gasteiger partial charge in [-0.1, -0.05) is 127 Å². The van der Waals surface area contributed by atoms with Crippen LogP contribution in [0.3, 0.4) is 0 Å². The zero-order chi connectivity index (χ0) is 30.5. The van der Waals surface area contributed by atoms with Crippen molar-refractivity contribution in [3.05, 3.63) is 193 Å². The predicted octanol–water partition coefficient (Wildman–Crippen LogP) is 11.3. The molecule has 0 spiro atoms. The van der Waals surface area contributed by atoms with E-state index in [4.69, 9.17) is 0 Å². The van der Waals surface area contributed by atoms with E-state index in [-0.39, 0.29) is 5.92 Å². The summed E-state index contributed by atoms with van der Waals surface area (Å²) in [6.45, 7) is 0. The van der Waals surface area contributed by atoms with Crippen LogP contribution in [0.2, 0.25) is 0 Å². The number of fused-ring (bicyclic) bond motifs is 6. The van der Waals surface area contributed by atoms with Crippen molar-refractivity contribution in [1.82, 2.24) is 9.13 Å². The highest BCUT2D eigenvalue weighted by Crippen LogP contribution is 2.36. The monoisotopic (exact) mass is 588 g/mol. The van der Waals surface area contributed by atoms with Crippen LogP contribution in [0.4, 0.5) is 0 Å². The molecule has 0 saturated heterocycles. The minimum absolute atomic E-state index is 0.224. The molecule has 0 amide bonds. The van der Waals surface area contributed by atoms with E-state index in [2.05, 4.69) is 185 Å². The van der Waals surface area contributed by atoms with Gasteiger partial charge in [-0.05, 0) is 71.6 Å². The molecule has 0 saturated carbocycles. The highest BCUT2D eigenvalue weighted by atomic mass is 15.0. The van der Waals surface area contributed by atoms with E-state index in [0.29, 0.717) is 0 Å². The maximum Gasteiger partial charge on any atom is 0.0541 e. The average molecular weight is 589 g/mol.